The van der Waals surface area contributed by atoms with E-state index in [1.807, 2.05) is 0 Å². The van der Waals surface area contributed by atoms with Crippen LogP contribution >= 0.6 is 0 Å². The van der Waals surface area contributed by atoms with Gasteiger partial charge >= 0.3 is 11.9 Å². The molecule has 2 saturated carbocycles. The smallest absolute Gasteiger partial charge is 0.323 e. The summed E-state index contributed by atoms with van der Waals surface area (Å²) in [5, 5.41) is 0. The first-order chi connectivity index (χ1) is 10.1. The summed E-state index contributed by atoms with van der Waals surface area (Å²) in [5.41, 5.74) is -1.06. The summed E-state index contributed by atoms with van der Waals surface area (Å²) >= 11 is 0. The van der Waals surface area contributed by atoms with Gasteiger partial charge in [-0.15, -0.1) is 0 Å². The van der Waals surface area contributed by atoms with Crippen LogP contribution in [0.2, 0.25) is 0 Å². The molecule has 0 N–H and O–H groups in total. The monoisotopic (exact) mass is 292 g/mol. The van der Waals surface area contributed by atoms with Gasteiger partial charge in [-0.3, -0.25) is 9.59 Å². The van der Waals surface area contributed by atoms with Gasteiger partial charge < -0.3 is 9.47 Å². The molecular weight excluding hydrogens is 268 g/mol. The second-order valence-corrected chi connectivity index (χ2v) is 6.47. The van der Waals surface area contributed by atoms with Crippen LogP contribution in [0.1, 0.15) is 39.5 Å². The van der Waals surface area contributed by atoms with Crippen LogP contribution in [0, 0.1) is 29.1 Å². The summed E-state index contributed by atoms with van der Waals surface area (Å²) < 4.78 is 10.6. The van der Waals surface area contributed by atoms with E-state index in [-0.39, 0.29) is 17.9 Å². The van der Waals surface area contributed by atoms with Crippen molar-refractivity contribution in [1.29, 1.82) is 0 Å². The molecule has 0 amide bonds. The van der Waals surface area contributed by atoms with Gasteiger partial charge in [0.25, 0.3) is 0 Å². The Balaban J connectivity index is 1.98. The number of rotatable bonds is 4. The third-order valence-corrected chi connectivity index (χ3v) is 5.64. The highest BCUT2D eigenvalue weighted by molar-refractivity contribution is 6.01. The Kier molecular flexibility index (Phi) is 3.80. The topological polar surface area (TPSA) is 52.6 Å². The largest absolute Gasteiger partial charge is 0.465 e. The van der Waals surface area contributed by atoms with E-state index in [1.54, 1.807) is 13.8 Å². The Hall–Kier alpha value is -1.32. The molecule has 3 aliphatic carbocycles. The van der Waals surface area contributed by atoms with E-state index in [4.69, 9.17) is 9.47 Å². The molecule has 0 aromatic heterocycles. The van der Waals surface area contributed by atoms with Gasteiger partial charge in [0.1, 0.15) is 0 Å². The fourth-order valence-electron chi connectivity index (χ4n) is 4.96. The number of esters is 2. The molecule has 0 heterocycles. The molecule has 0 radical (unpaired) electrons. The molecule has 2 fully saturated rings. The van der Waals surface area contributed by atoms with Gasteiger partial charge in [0.2, 0.25) is 0 Å². The lowest BCUT2D eigenvalue weighted by atomic mass is 9.75. The predicted molar refractivity (Wildman–Crippen MR) is 77.3 cm³/mol. The van der Waals surface area contributed by atoms with Crippen molar-refractivity contribution in [3.63, 3.8) is 0 Å². The lowest BCUT2D eigenvalue weighted by Gasteiger charge is -2.30. The molecule has 0 aromatic rings. The maximum atomic E-state index is 12.7. The summed E-state index contributed by atoms with van der Waals surface area (Å²) in [6, 6.07) is 0. The Morgan fingerprint density at radius 2 is 1.81 bits per heavy atom. The standard InChI is InChI=1S/C17H24O4/c1-3-20-15(18)17(16(19)21-4-2)10-12-7-5-6-11-8-9-13(17)14(11)12/h5,7,11-14H,3-4,6,8-10H2,1-2H3/t11-,12-,13+,14+/m0/s1. The molecule has 3 aliphatic rings. The molecule has 21 heavy (non-hydrogen) atoms. The molecule has 0 spiro atoms. The highest BCUT2D eigenvalue weighted by atomic mass is 16.6. The maximum absolute atomic E-state index is 12.7. The van der Waals surface area contributed by atoms with Crippen molar-refractivity contribution in [2.45, 2.75) is 39.5 Å². The summed E-state index contributed by atoms with van der Waals surface area (Å²) in [6.07, 6.45) is 8.12. The fourth-order valence-corrected chi connectivity index (χ4v) is 4.96. The van der Waals surface area contributed by atoms with Gasteiger partial charge in [-0.25, -0.2) is 0 Å². The molecule has 4 heteroatoms. The Morgan fingerprint density at radius 1 is 1.14 bits per heavy atom. The minimum atomic E-state index is -1.06. The van der Waals surface area contributed by atoms with E-state index in [2.05, 4.69) is 12.2 Å². The van der Waals surface area contributed by atoms with E-state index in [1.165, 1.54) is 0 Å². The molecule has 0 aliphatic heterocycles. The van der Waals surface area contributed by atoms with Crippen LogP contribution in [0.15, 0.2) is 12.2 Å². The first-order valence-electron chi connectivity index (χ1n) is 8.16. The van der Waals surface area contributed by atoms with E-state index in [0.717, 1.165) is 19.3 Å². The number of carbonyl (C=O) groups is 2. The van der Waals surface area contributed by atoms with E-state index >= 15 is 0 Å². The number of allylic oxidation sites excluding steroid dienone is 2. The first kappa shape index (κ1) is 14.6. The first-order valence-corrected chi connectivity index (χ1v) is 8.16. The molecule has 0 bridgehead atoms. The van der Waals surface area contributed by atoms with Crippen molar-refractivity contribution < 1.29 is 19.1 Å². The van der Waals surface area contributed by atoms with Crippen molar-refractivity contribution in [1.82, 2.24) is 0 Å². The number of carbonyl (C=O) groups excluding carboxylic acids is 2. The van der Waals surface area contributed by atoms with E-state index < -0.39 is 5.41 Å². The second kappa shape index (κ2) is 5.47. The fraction of sp³-hybridized carbons (Fsp3) is 0.765. The zero-order valence-electron chi connectivity index (χ0n) is 12.8. The minimum absolute atomic E-state index is 0.0931. The predicted octanol–water partition coefficient (Wildman–Crippen LogP) is 2.72. The highest BCUT2D eigenvalue weighted by Gasteiger charge is 2.66. The van der Waals surface area contributed by atoms with Crippen molar-refractivity contribution in [3.05, 3.63) is 12.2 Å². The Labute approximate surface area is 125 Å². The molecule has 3 rings (SSSR count). The molecule has 4 nitrogen and oxygen atoms in total. The van der Waals surface area contributed by atoms with Crippen LogP contribution in [-0.4, -0.2) is 25.2 Å². The van der Waals surface area contributed by atoms with Gasteiger partial charge in [0.15, 0.2) is 5.41 Å². The zero-order chi connectivity index (χ0) is 15.0. The Bertz CT molecular complexity index is 449. The van der Waals surface area contributed by atoms with Crippen LogP contribution in [0.4, 0.5) is 0 Å². The quantitative estimate of drug-likeness (QED) is 0.454. The average molecular weight is 292 g/mol. The normalized spacial score (nSPS) is 35.3. The van der Waals surface area contributed by atoms with Gasteiger partial charge in [-0.2, -0.15) is 0 Å². The zero-order valence-corrected chi connectivity index (χ0v) is 12.8. The van der Waals surface area contributed by atoms with Crippen LogP contribution in [-0.2, 0) is 19.1 Å². The van der Waals surface area contributed by atoms with Crippen LogP contribution in [0.3, 0.4) is 0 Å². The molecule has 4 atom stereocenters. The van der Waals surface area contributed by atoms with Gasteiger partial charge in [-0.1, -0.05) is 12.2 Å². The minimum Gasteiger partial charge on any atom is -0.465 e. The Morgan fingerprint density at radius 3 is 2.43 bits per heavy atom. The van der Waals surface area contributed by atoms with Crippen LogP contribution in [0.25, 0.3) is 0 Å². The number of hydrogen-bond acceptors (Lipinski definition) is 4. The van der Waals surface area contributed by atoms with Crippen LogP contribution < -0.4 is 0 Å². The second-order valence-electron chi connectivity index (χ2n) is 6.47. The highest BCUT2D eigenvalue weighted by Crippen LogP contribution is 2.62. The number of hydrogen-bond donors (Lipinski definition) is 0. The van der Waals surface area contributed by atoms with E-state index in [9.17, 15) is 9.59 Å². The third-order valence-electron chi connectivity index (χ3n) is 5.64. The molecular formula is C17H24O4. The SMILES string of the molecule is CCOC(=O)C1(C(=O)OCC)C[C@@H]2C=CC[C@H]3CC[C@@H]1[C@H]32. The summed E-state index contributed by atoms with van der Waals surface area (Å²) in [7, 11) is 0. The molecule has 0 saturated heterocycles. The number of ether oxygens (including phenoxy) is 2. The van der Waals surface area contributed by atoms with Gasteiger partial charge in [0.05, 0.1) is 13.2 Å². The molecule has 0 aromatic carbocycles. The van der Waals surface area contributed by atoms with Crippen molar-refractivity contribution in [2.24, 2.45) is 29.1 Å². The van der Waals surface area contributed by atoms with Crippen molar-refractivity contribution >= 4 is 11.9 Å². The molecule has 116 valence electrons. The average Bonchev–Trinajstić information content (AvgIpc) is 3.04. The lowest BCUT2D eigenvalue weighted by Crippen LogP contribution is -2.45. The van der Waals surface area contributed by atoms with Gasteiger partial charge in [-0.05, 0) is 63.2 Å². The summed E-state index contributed by atoms with van der Waals surface area (Å²) in [4.78, 5) is 25.3. The van der Waals surface area contributed by atoms with Crippen molar-refractivity contribution in [3.8, 4) is 0 Å². The summed E-state index contributed by atoms with van der Waals surface area (Å²) in [6.45, 7) is 4.19. The van der Waals surface area contributed by atoms with Crippen molar-refractivity contribution in [2.75, 3.05) is 13.2 Å². The van der Waals surface area contributed by atoms with Crippen LogP contribution in [0.5, 0.6) is 0 Å². The lowest BCUT2D eigenvalue weighted by molar-refractivity contribution is -0.175. The molecule has 0 unspecified atom stereocenters. The summed E-state index contributed by atoms with van der Waals surface area (Å²) in [5.74, 6) is 0.758. The maximum Gasteiger partial charge on any atom is 0.323 e. The van der Waals surface area contributed by atoms with E-state index in [0.29, 0.717) is 37.4 Å². The third kappa shape index (κ3) is 2.02. The van der Waals surface area contributed by atoms with Gasteiger partial charge in [0, 0.05) is 0 Å².